The third-order valence-electron chi connectivity index (χ3n) is 1.85. The van der Waals surface area contributed by atoms with E-state index in [1.165, 1.54) is 18.2 Å². The van der Waals surface area contributed by atoms with E-state index in [1.54, 1.807) is 6.92 Å². The third kappa shape index (κ3) is 2.52. The largest absolute Gasteiger partial charge is 0.744 e. The van der Waals surface area contributed by atoms with Crippen molar-refractivity contribution in [3.63, 3.8) is 0 Å². The summed E-state index contributed by atoms with van der Waals surface area (Å²) in [6, 6.07) is 4.26. The van der Waals surface area contributed by atoms with E-state index in [2.05, 4.69) is 0 Å². The number of benzene rings is 1. The van der Waals surface area contributed by atoms with E-state index in [9.17, 15) is 17.4 Å². The molecular formula is C9H10FO3S-. The lowest BCUT2D eigenvalue weighted by Crippen LogP contribution is -2.04. The quantitative estimate of drug-likeness (QED) is 0.719. The Morgan fingerprint density at radius 2 is 2.07 bits per heavy atom. The summed E-state index contributed by atoms with van der Waals surface area (Å²) >= 11 is 0. The van der Waals surface area contributed by atoms with E-state index < -0.39 is 16.8 Å². The lowest BCUT2D eigenvalue weighted by Gasteiger charge is -2.12. The molecule has 1 aromatic carbocycles. The molecule has 0 aromatic heterocycles. The van der Waals surface area contributed by atoms with Crippen molar-refractivity contribution in [2.45, 2.75) is 18.2 Å². The number of aryl methyl sites for hydroxylation is 2. The minimum atomic E-state index is -4.49. The average Bonchev–Trinajstić information content (AvgIpc) is 2.02. The predicted molar refractivity (Wildman–Crippen MR) is 48.8 cm³/mol. The predicted octanol–water partition coefficient (Wildman–Crippen LogP) is 1.41. The minimum absolute atomic E-state index is 0.0432. The summed E-state index contributed by atoms with van der Waals surface area (Å²) in [4.78, 5) is -0.319. The molecule has 0 radical (unpaired) electrons. The number of halogens is 1. The molecule has 0 aliphatic heterocycles. The zero-order valence-electron chi connectivity index (χ0n) is 7.66. The van der Waals surface area contributed by atoms with Crippen molar-refractivity contribution >= 4 is 10.1 Å². The van der Waals surface area contributed by atoms with Crippen molar-refractivity contribution in [2.24, 2.45) is 0 Å². The molecule has 0 saturated heterocycles. The number of alkyl halides is 1. The lowest BCUT2D eigenvalue weighted by molar-refractivity contribution is 0.459. The highest BCUT2D eigenvalue weighted by Crippen LogP contribution is 2.17. The van der Waals surface area contributed by atoms with Crippen LogP contribution < -0.4 is 0 Å². The standard InChI is InChI=1S/C9H11FO3S/c1-7-2-3-9(14(11,12)13)8(6-7)4-5-10/h2-3,6H,4-5H2,1H3,(H,11,12,13)/p-1. The van der Waals surface area contributed by atoms with E-state index in [4.69, 9.17) is 0 Å². The fourth-order valence-corrected chi connectivity index (χ4v) is 1.97. The Kier molecular flexibility index (Phi) is 3.23. The molecule has 0 amide bonds. The van der Waals surface area contributed by atoms with Gasteiger partial charge in [0.25, 0.3) is 0 Å². The first-order valence-corrected chi connectivity index (χ1v) is 5.47. The summed E-state index contributed by atoms with van der Waals surface area (Å²) in [5.74, 6) is 0. The van der Waals surface area contributed by atoms with Crippen LogP contribution in [0.15, 0.2) is 23.1 Å². The van der Waals surface area contributed by atoms with Gasteiger partial charge in [-0.3, -0.25) is 4.39 Å². The summed E-state index contributed by atoms with van der Waals surface area (Å²) < 4.78 is 44.4. The van der Waals surface area contributed by atoms with Gasteiger partial charge < -0.3 is 4.55 Å². The molecule has 3 nitrogen and oxygen atoms in total. The second-order valence-electron chi connectivity index (χ2n) is 3.00. The SMILES string of the molecule is Cc1ccc(S(=O)(=O)[O-])c(CCF)c1. The zero-order valence-corrected chi connectivity index (χ0v) is 8.47. The van der Waals surface area contributed by atoms with Crippen molar-refractivity contribution in [1.82, 2.24) is 0 Å². The van der Waals surface area contributed by atoms with Crippen molar-refractivity contribution in [1.29, 1.82) is 0 Å². The van der Waals surface area contributed by atoms with Gasteiger partial charge in [-0.2, -0.15) is 0 Å². The normalized spacial score (nSPS) is 11.6. The third-order valence-corrected chi connectivity index (χ3v) is 2.79. The summed E-state index contributed by atoms with van der Waals surface area (Å²) in [6.45, 7) is 1.08. The van der Waals surface area contributed by atoms with E-state index >= 15 is 0 Å². The van der Waals surface area contributed by atoms with Gasteiger partial charge in [-0.05, 0) is 18.6 Å². The van der Waals surface area contributed by atoms with Gasteiger partial charge in [-0.1, -0.05) is 17.7 Å². The Morgan fingerprint density at radius 1 is 1.43 bits per heavy atom. The molecule has 0 heterocycles. The van der Waals surface area contributed by atoms with Crippen LogP contribution in [0.4, 0.5) is 4.39 Å². The summed E-state index contributed by atoms with van der Waals surface area (Å²) in [5.41, 5.74) is 1.06. The van der Waals surface area contributed by atoms with Crippen LogP contribution in [0.25, 0.3) is 0 Å². The lowest BCUT2D eigenvalue weighted by atomic mass is 10.1. The Balaban J connectivity index is 3.29. The molecule has 0 atom stereocenters. The van der Waals surface area contributed by atoms with Gasteiger partial charge in [0.2, 0.25) is 0 Å². The van der Waals surface area contributed by atoms with E-state index in [1.807, 2.05) is 0 Å². The molecule has 0 aliphatic carbocycles. The second kappa shape index (κ2) is 4.06. The number of hydrogen-bond donors (Lipinski definition) is 0. The maximum absolute atomic E-state index is 12.1. The van der Waals surface area contributed by atoms with E-state index in [0.29, 0.717) is 0 Å². The molecule has 78 valence electrons. The second-order valence-corrected chi connectivity index (χ2v) is 4.35. The van der Waals surface area contributed by atoms with E-state index in [-0.39, 0.29) is 16.9 Å². The molecule has 1 rings (SSSR count). The van der Waals surface area contributed by atoms with Crippen LogP contribution in [0.3, 0.4) is 0 Å². The van der Waals surface area contributed by atoms with Gasteiger partial charge >= 0.3 is 0 Å². The number of hydrogen-bond acceptors (Lipinski definition) is 3. The topological polar surface area (TPSA) is 57.2 Å². The highest BCUT2D eigenvalue weighted by atomic mass is 32.2. The van der Waals surface area contributed by atoms with Gasteiger partial charge in [-0.25, -0.2) is 8.42 Å². The van der Waals surface area contributed by atoms with Crippen LogP contribution in [-0.4, -0.2) is 19.6 Å². The molecule has 0 unspecified atom stereocenters. The Bertz CT molecular complexity index is 426. The molecule has 5 heteroatoms. The molecule has 0 fully saturated rings. The Hall–Kier alpha value is -0.940. The summed E-state index contributed by atoms with van der Waals surface area (Å²) in [7, 11) is -4.49. The Morgan fingerprint density at radius 3 is 2.57 bits per heavy atom. The highest BCUT2D eigenvalue weighted by molar-refractivity contribution is 7.85. The van der Waals surface area contributed by atoms with Crippen LogP contribution >= 0.6 is 0 Å². The van der Waals surface area contributed by atoms with Crippen molar-refractivity contribution < 1.29 is 17.4 Å². The number of rotatable bonds is 3. The van der Waals surface area contributed by atoms with Gasteiger partial charge in [0.1, 0.15) is 10.1 Å². The highest BCUT2D eigenvalue weighted by Gasteiger charge is 2.08. The molecule has 1 aromatic rings. The van der Waals surface area contributed by atoms with Crippen molar-refractivity contribution in [3.05, 3.63) is 29.3 Å². The summed E-state index contributed by atoms with van der Waals surface area (Å²) in [6.07, 6.45) is -0.0432. The smallest absolute Gasteiger partial charge is 0.124 e. The first-order chi connectivity index (χ1) is 6.45. The molecule has 14 heavy (non-hydrogen) atoms. The van der Waals surface area contributed by atoms with Crippen molar-refractivity contribution in [3.8, 4) is 0 Å². The van der Waals surface area contributed by atoms with Gasteiger partial charge in [0.15, 0.2) is 0 Å². The van der Waals surface area contributed by atoms with Crippen molar-refractivity contribution in [2.75, 3.05) is 6.67 Å². The molecule has 0 spiro atoms. The molecule has 0 N–H and O–H groups in total. The van der Waals surface area contributed by atoms with Gasteiger partial charge in [0, 0.05) is 6.42 Å². The maximum Gasteiger partial charge on any atom is 0.124 e. The molecular weight excluding hydrogens is 207 g/mol. The van der Waals surface area contributed by atoms with Gasteiger partial charge in [0.05, 0.1) is 11.6 Å². The molecule has 0 saturated carbocycles. The fraction of sp³-hybridized carbons (Fsp3) is 0.333. The van der Waals surface area contributed by atoms with Crippen LogP contribution in [0.2, 0.25) is 0 Å². The first kappa shape index (κ1) is 11.1. The van der Waals surface area contributed by atoms with Crippen LogP contribution in [-0.2, 0) is 16.5 Å². The molecule has 0 aliphatic rings. The maximum atomic E-state index is 12.1. The monoisotopic (exact) mass is 217 g/mol. The summed E-state index contributed by atoms with van der Waals surface area (Å²) in [5, 5.41) is 0. The fourth-order valence-electron chi connectivity index (χ4n) is 1.25. The average molecular weight is 217 g/mol. The zero-order chi connectivity index (χ0) is 10.8. The van der Waals surface area contributed by atoms with Crippen LogP contribution in [0, 0.1) is 6.92 Å². The Labute approximate surface area is 82.3 Å². The van der Waals surface area contributed by atoms with Crippen LogP contribution in [0.5, 0.6) is 0 Å². The minimum Gasteiger partial charge on any atom is -0.744 e. The molecule has 0 bridgehead atoms. The van der Waals surface area contributed by atoms with Gasteiger partial charge in [-0.15, -0.1) is 0 Å². The van der Waals surface area contributed by atoms with Crippen LogP contribution in [0.1, 0.15) is 11.1 Å². The first-order valence-electron chi connectivity index (χ1n) is 4.06. The van der Waals surface area contributed by atoms with E-state index in [0.717, 1.165) is 5.56 Å².